The van der Waals surface area contributed by atoms with Gasteiger partial charge in [-0.1, -0.05) is 18.2 Å². The van der Waals surface area contributed by atoms with Gasteiger partial charge in [0.15, 0.2) is 5.96 Å². The fourth-order valence-electron chi connectivity index (χ4n) is 2.48. The van der Waals surface area contributed by atoms with Crippen LogP contribution in [0, 0.1) is 0 Å². The van der Waals surface area contributed by atoms with Gasteiger partial charge in [0.2, 0.25) is 5.91 Å². The van der Waals surface area contributed by atoms with Crippen molar-refractivity contribution in [1.82, 2.24) is 15.1 Å². The van der Waals surface area contributed by atoms with E-state index in [1.54, 1.807) is 0 Å². The van der Waals surface area contributed by atoms with Crippen LogP contribution in [0.15, 0.2) is 35.3 Å². The largest absolute Gasteiger partial charge is 0.385 e. The van der Waals surface area contributed by atoms with E-state index < -0.39 is 0 Å². The van der Waals surface area contributed by atoms with E-state index in [9.17, 15) is 4.79 Å². The monoisotopic (exact) mass is 475 g/mol. The van der Waals surface area contributed by atoms with E-state index in [1.807, 2.05) is 55.8 Å². The van der Waals surface area contributed by atoms with Crippen LogP contribution in [-0.2, 0) is 4.79 Å². The number of halogens is 1. The maximum absolute atomic E-state index is 12.2. The first-order chi connectivity index (χ1) is 12.1. The van der Waals surface area contributed by atoms with E-state index in [2.05, 4.69) is 27.8 Å². The van der Waals surface area contributed by atoms with Crippen LogP contribution in [0.1, 0.15) is 27.2 Å². The van der Waals surface area contributed by atoms with Crippen molar-refractivity contribution in [2.24, 2.45) is 4.99 Å². The SMILES string of the molecule is CCNC(=NCCCNc1ccccc1)N(C)CC(=O)N(CC)CC.I. The number of aliphatic imine (C=N–C) groups is 1. The van der Waals surface area contributed by atoms with Crippen molar-refractivity contribution in [2.45, 2.75) is 27.2 Å². The fourth-order valence-corrected chi connectivity index (χ4v) is 2.48. The van der Waals surface area contributed by atoms with Gasteiger partial charge in [0.1, 0.15) is 0 Å². The van der Waals surface area contributed by atoms with Crippen LogP contribution in [0.25, 0.3) is 0 Å². The third-order valence-corrected chi connectivity index (χ3v) is 3.88. The number of amides is 1. The highest BCUT2D eigenvalue weighted by atomic mass is 127. The van der Waals surface area contributed by atoms with Crippen molar-refractivity contribution < 1.29 is 4.79 Å². The Bertz CT molecular complexity index is 520. The highest BCUT2D eigenvalue weighted by Gasteiger charge is 2.14. The minimum atomic E-state index is 0. The molecule has 0 spiro atoms. The predicted octanol–water partition coefficient (Wildman–Crippen LogP) is 2.87. The Morgan fingerprint density at radius 2 is 1.77 bits per heavy atom. The smallest absolute Gasteiger partial charge is 0.242 e. The summed E-state index contributed by atoms with van der Waals surface area (Å²) in [5, 5.41) is 6.63. The van der Waals surface area contributed by atoms with E-state index in [4.69, 9.17) is 0 Å². The van der Waals surface area contributed by atoms with Gasteiger partial charge in [-0.3, -0.25) is 9.79 Å². The number of hydrogen-bond donors (Lipinski definition) is 2. The average molecular weight is 475 g/mol. The van der Waals surface area contributed by atoms with Gasteiger partial charge in [-0.05, 0) is 39.3 Å². The standard InChI is InChI=1S/C19H33N5O.HI/c1-5-20-19(23(4)16-18(25)24(6-2)7-3)22-15-11-14-21-17-12-9-8-10-13-17;/h8-10,12-13,21H,5-7,11,14-16H2,1-4H3,(H,20,22);1H. The van der Waals surface area contributed by atoms with Crippen LogP contribution < -0.4 is 10.6 Å². The summed E-state index contributed by atoms with van der Waals surface area (Å²) in [6.45, 7) is 10.2. The highest BCUT2D eigenvalue weighted by molar-refractivity contribution is 14.0. The quantitative estimate of drug-likeness (QED) is 0.237. The summed E-state index contributed by atoms with van der Waals surface area (Å²) in [6, 6.07) is 10.2. The van der Waals surface area contributed by atoms with Gasteiger partial charge in [0.25, 0.3) is 0 Å². The molecule has 0 radical (unpaired) electrons. The maximum atomic E-state index is 12.2. The van der Waals surface area contributed by atoms with E-state index in [0.717, 1.165) is 44.2 Å². The number of carbonyl (C=O) groups is 1. The first-order valence-electron chi connectivity index (χ1n) is 9.18. The molecule has 7 heteroatoms. The predicted molar refractivity (Wildman–Crippen MR) is 122 cm³/mol. The number of guanidine groups is 1. The Hall–Kier alpha value is -1.51. The molecule has 0 unspecified atom stereocenters. The Morgan fingerprint density at radius 3 is 2.35 bits per heavy atom. The maximum Gasteiger partial charge on any atom is 0.242 e. The summed E-state index contributed by atoms with van der Waals surface area (Å²) in [7, 11) is 1.91. The zero-order chi connectivity index (χ0) is 18.5. The van der Waals surface area contributed by atoms with Crippen molar-refractivity contribution in [3.63, 3.8) is 0 Å². The summed E-state index contributed by atoms with van der Waals surface area (Å²) in [5.74, 6) is 0.909. The van der Waals surface area contributed by atoms with E-state index in [-0.39, 0.29) is 29.9 Å². The molecule has 6 nitrogen and oxygen atoms in total. The van der Waals surface area contributed by atoms with Crippen molar-refractivity contribution in [3.05, 3.63) is 30.3 Å². The van der Waals surface area contributed by atoms with E-state index >= 15 is 0 Å². The summed E-state index contributed by atoms with van der Waals surface area (Å²) >= 11 is 0. The van der Waals surface area contributed by atoms with E-state index in [1.165, 1.54) is 0 Å². The molecule has 2 N–H and O–H groups in total. The van der Waals surface area contributed by atoms with Crippen LogP contribution in [-0.4, -0.2) is 68.0 Å². The van der Waals surface area contributed by atoms with Crippen LogP contribution in [0.4, 0.5) is 5.69 Å². The summed E-state index contributed by atoms with van der Waals surface area (Å²) < 4.78 is 0. The lowest BCUT2D eigenvalue weighted by molar-refractivity contribution is -0.131. The third-order valence-electron chi connectivity index (χ3n) is 3.88. The molecular formula is C19H34IN5O. The Kier molecular flexibility index (Phi) is 13.8. The highest BCUT2D eigenvalue weighted by Crippen LogP contribution is 2.04. The zero-order valence-corrected chi connectivity index (χ0v) is 18.8. The molecule has 0 aliphatic rings. The molecular weight excluding hydrogens is 441 g/mol. The molecule has 148 valence electrons. The van der Waals surface area contributed by atoms with Crippen LogP contribution >= 0.6 is 24.0 Å². The Labute approximate surface area is 175 Å². The lowest BCUT2D eigenvalue weighted by Crippen LogP contribution is -2.45. The Balaban J connectivity index is 0.00000625. The molecule has 0 saturated carbocycles. The molecule has 1 rings (SSSR count). The minimum absolute atomic E-state index is 0. The molecule has 1 aromatic rings. The number of para-hydroxylation sites is 1. The topological polar surface area (TPSA) is 60.0 Å². The number of likely N-dealkylation sites (N-methyl/N-ethyl adjacent to an activating group) is 2. The normalized spacial score (nSPS) is 10.7. The van der Waals surface area contributed by atoms with Crippen LogP contribution in [0.3, 0.4) is 0 Å². The third kappa shape index (κ3) is 9.26. The molecule has 0 aliphatic heterocycles. The van der Waals surface area contributed by atoms with Gasteiger partial charge in [-0.2, -0.15) is 0 Å². The molecule has 1 aromatic carbocycles. The summed E-state index contributed by atoms with van der Waals surface area (Å²) in [5.41, 5.74) is 1.13. The van der Waals surface area contributed by atoms with Crippen molar-refractivity contribution in [3.8, 4) is 0 Å². The second-order valence-corrected chi connectivity index (χ2v) is 5.80. The molecule has 0 aromatic heterocycles. The van der Waals surface area contributed by atoms with Crippen LogP contribution in [0.2, 0.25) is 0 Å². The van der Waals surface area contributed by atoms with Gasteiger partial charge in [-0.15, -0.1) is 24.0 Å². The summed E-state index contributed by atoms with van der Waals surface area (Å²) in [4.78, 5) is 20.6. The number of hydrogen-bond acceptors (Lipinski definition) is 3. The fraction of sp³-hybridized carbons (Fsp3) is 0.579. The van der Waals surface area contributed by atoms with Crippen LogP contribution in [0.5, 0.6) is 0 Å². The van der Waals surface area contributed by atoms with Crippen molar-refractivity contribution in [2.75, 3.05) is 51.6 Å². The van der Waals surface area contributed by atoms with Crippen molar-refractivity contribution >= 4 is 41.5 Å². The van der Waals surface area contributed by atoms with E-state index in [0.29, 0.717) is 13.1 Å². The van der Waals surface area contributed by atoms with Gasteiger partial charge in [0, 0.05) is 45.5 Å². The molecule has 0 fully saturated rings. The van der Waals surface area contributed by atoms with Crippen molar-refractivity contribution in [1.29, 1.82) is 0 Å². The second-order valence-electron chi connectivity index (χ2n) is 5.80. The second kappa shape index (κ2) is 14.6. The summed E-state index contributed by atoms with van der Waals surface area (Å²) in [6.07, 6.45) is 0.932. The first-order valence-corrected chi connectivity index (χ1v) is 9.18. The zero-order valence-electron chi connectivity index (χ0n) is 16.5. The number of rotatable bonds is 10. The number of nitrogens with one attached hydrogen (secondary N) is 2. The molecule has 0 atom stereocenters. The van der Waals surface area contributed by atoms with Gasteiger partial charge in [0.05, 0.1) is 6.54 Å². The molecule has 0 saturated heterocycles. The average Bonchev–Trinajstić information content (AvgIpc) is 2.62. The molecule has 0 aliphatic carbocycles. The number of benzene rings is 1. The number of carbonyl (C=O) groups excluding carboxylic acids is 1. The lowest BCUT2D eigenvalue weighted by Gasteiger charge is -2.25. The van der Waals surface area contributed by atoms with Gasteiger partial charge < -0.3 is 20.4 Å². The van der Waals surface area contributed by atoms with Gasteiger partial charge >= 0.3 is 0 Å². The lowest BCUT2D eigenvalue weighted by atomic mass is 10.3. The first kappa shape index (κ1) is 24.5. The molecule has 1 amide bonds. The van der Waals surface area contributed by atoms with Gasteiger partial charge in [-0.25, -0.2) is 0 Å². The number of anilines is 1. The molecule has 0 bridgehead atoms. The number of nitrogens with zero attached hydrogens (tertiary/aromatic N) is 3. The Morgan fingerprint density at radius 1 is 1.12 bits per heavy atom. The molecule has 26 heavy (non-hydrogen) atoms. The minimum Gasteiger partial charge on any atom is -0.385 e. The molecule has 0 heterocycles.